The van der Waals surface area contributed by atoms with Gasteiger partial charge in [-0.1, -0.05) is 30.3 Å². The van der Waals surface area contributed by atoms with Gasteiger partial charge in [-0.15, -0.1) is 21.6 Å². The minimum Gasteiger partial charge on any atom is -0.493 e. The lowest BCUT2D eigenvalue weighted by Gasteiger charge is -2.14. The van der Waals surface area contributed by atoms with Crippen LogP contribution in [0.15, 0.2) is 50.7 Å². The summed E-state index contributed by atoms with van der Waals surface area (Å²) in [6.07, 6.45) is -0.893. The normalized spacial score (nSPS) is 12.2. The molecule has 0 bridgehead atoms. The van der Waals surface area contributed by atoms with Crippen molar-refractivity contribution in [3.8, 4) is 23.2 Å². The molecule has 1 unspecified atom stereocenters. The van der Waals surface area contributed by atoms with Gasteiger partial charge in [0.2, 0.25) is 11.0 Å². The fourth-order valence-corrected chi connectivity index (χ4v) is 3.28. The van der Waals surface area contributed by atoms with E-state index in [-0.39, 0.29) is 23.4 Å². The van der Waals surface area contributed by atoms with Gasteiger partial charge in [-0.05, 0) is 13.8 Å². The van der Waals surface area contributed by atoms with Gasteiger partial charge in [0, 0.05) is 16.5 Å². The smallest absolute Gasteiger partial charge is 0.281 e. The number of hydrogen-bond acceptors (Lipinski definition) is 8. The lowest BCUT2D eigenvalue weighted by molar-refractivity contribution is 0.167. The first-order valence-corrected chi connectivity index (χ1v) is 9.27. The summed E-state index contributed by atoms with van der Waals surface area (Å²) in [7, 11) is 0. The number of aromatic hydroxyl groups is 1. The van der Waals surface area contributed by atoms with Crippen LogP contribution in [0, 0.1) is 18.3 Å². The summed E-state index contributed by atoms with van der Waals surface area (Å²) in [5.74, 6) is -0.495. The van der Waals surface area contributed by atoms with Crippen LogP contribution >= 0.6 is 11.3 Å². The second-order valence-corrected chi connectivity index (χ2v) is 6.97. The Morgan fingerprint density at radius 1 is 1.32 bits per heavy atom. The van der Waals surface area contributed by atoms with E-state index in [1.807, 2.05) is 41.8 Å². The minimum atomic E-state index is -0.893. The van der Waals surface area contributed by atoms with Crippen molar-refractivity contribution in [1.82, 2.24) is 9.55 Å². The Morgan fingerprint density at radius 2 is 2.04 bits per heavy atom. The van der Waals surface area contributed by atoms with E-state index in [1.54, 1.807) is 0 Å². The number of benzene rings is 1. The highest BCUT2D eigenvalue weighted by Gasteiger charge is 2.20. The Labute approximate surface area is 164 Å². The maximum absolute atomic E-state index is 12.7. The van der Waals surface area contributed by atoms with Crippen LogP contribution in [0.2, 0.25) is 0 Å². The molecule has 3 rings (SSSR count). The largest absolute Gasteiger partial charge is 0.493 e. The zero-order valence-electron chi connectivity index (χ0n) is 15.2. The van der Waals surface area contributed by atoms with Crippen LogP contribution in [0.4, 0.5) is 10.8 Å². The zero-order valence-corrected chi connectivity index (χ0v) is 16.0. The Kier molecular flexibility index (Phi) is 5.63. The van der Waals surface area contributed by atoms with Gasteiger partial charge in [-0.25, -0.2) is 4.98 Å². The SMILES string of the molecule is Cc1c(C#N)c(O)n(CC(C)O)c(=O)c1N=Nc1nc(-c2ccccc2)cs1. The van der Waals surface area contributed by atoms with Crippen molar-refractivity contribution in [1.29, 1.82) is 5.26 Å². The average molecular weight is 395 g/mol. The van der Waals surface area contributed by atoms with E-state index < -0.39 is 17.5 Å². The molecule has 0 aliphatic carbocycles. The van der Waals surface area contributed by atoms with Crippen molar-refractivity contribution in [2.45, 2.75) is 26.5 Å². The molecule has 28 heavy (non-hydrogen) atoms. The third-order valence-corrected chi connectivity index (χ3v) is 4.74. The van der Waals surface area contributed by atoms with Crippen molar-refractivity contribution in [2.75, 3.05) is 0 Å². The molecule has 1 atom stereocenters. The average Bonchev–Trinajstić information content (AvgIpc) is 3.15. The predicted molar refractivity (Wildman–Crippen MR) is 105 cm³/mol. The van der Waals surface area contributed by atoms with Gasteiger partial charge in [0.05, 0.1) is 18.3 Å². The molecule has 8 nitrogen and oxygen atoms in total. The van der Waals surface area contributed by atoms with Crippen LogP contribution < -0.4 is 5.56 Å². The van der Waals surface area contributed by atoms with Crippen molar-refractivity contribution in [2.24, 2.45) is 10.2 Å². The number of aromatic nitrogens is 2. The first-order chi connectivity index (χ1) is 13.4. The second kappa shape index (κ2) is 8.12. The van der Waals surface area contributed by atoms with Crippen molar-refractivity contribution in [3.63, 3.8) is 0 Å². The van der Waals surface area contributed by atoms with Gasteiger partial charge < -0.3 is 10.2 Å². The van der Waals surface area contributed by atoms with Crippen LogP contribution in [0.1, 0.15) is 18.1 Å². The maximum atomic E-state index is 12.7. The molecule has 0 saturated heterocycles. The standard InChI is InChI=1S/C19H17N5O3S/c1-11(25)9-24-17(26)14(8-20)12(2)16(18(24)27)22-23-19-21-15(10-28-19)13-6-4-3-5-7-13/h3-7,10-11,25-26H,9H2,1-2H3. The number of thiazole rings is 1. The van der Waals surface area contributed by atoms with Gasteiger partial charge >= 0.3 is 0 Å². The van der Waals surface area contributed by atoms with Crippen LogP contribution in [0.3, 0.4) is 0 Å². The Hall–Kier alpha value is -3.35. The molecule has 0 aliphatic heterocycles. The lowest BCUT2D eigenvalue weighted by Crippen LogP contribution is -2.26. The number of nitriles is 1. The number of aliphatic hydroxyl groups is 1. The molecule has 142 valence electrons. The second-order valence-electron chi connectivity index (χ2n) is 6.13. The maximum Gasteiger partial charge on any atom is 0.281 e. The molecule has 2 aromatic heterocycles. The molecule has 2 N–H and O–H groups in total. The summed E-state index contributed by atoms with van der Waals surface area (Å²) in [5, 5.41) is 39.3. The molecule has 1 aromatic carbocycles. The zero-order chi connectivity index (χ0) is 20.3. The van der Waals surface area contributed by atoms with Crippen molar-refractivity contribution < 1.29 is 10.2 Å². The summed E-state index contributed by atoms with van der Waals surface area (Å²) in [6.45, 7) is 2.81. The van der Waals surface area contributed by atoms with Gasteiger partial charge in [-0.2, -0.15) is 5.26 Å². The number of azo groups is 1. The molecule has 2 heterocycles. The quantitative estimate of drug-likeness (QED) is 0.638. The summed E-state index contributed by atoms with van der Waals surface area (Å²) in [4.78, 5) is 17.1. The molecule has 0 amide bonds. The highest BCUT2D eigenvalue weighted by atomic mass is 32.1. The molecule has 0 spiro atoms. The van der Waals surface area contributed by atoms with Crippen LogP contribution in [0.5, 0.6) is 5.88 Å². The summed E-state index contributed by atoms with van der Waals surface area (Å²) in [5.41, 5.74) is 1.09. The predicted octanol–water partition coefficient (Wildman–Crippen LogP) is 3.65. The van der Waals surface area contributed by atoms with E-state index >= 15 is 0 Å². The van der Waals surface area contributed by atoms with E-state index in [4.69, 9.17) is 0 Å². The molecule has 0 saturated carbocycles. The van der Waals surface area contributed by atoms with Gasteiger partial charge in [-0.3, -0.25) is 9.36 Å². The summed E-state index contributed by atoms with van der Waals surface area (Å²) >= 11 is 1.27. The number of pyridine rings is 1. The number of rotatable bonds is 5. The van der Waals surface area contributed by atoms with E-state index in [2.05, 4.69) is 15.2 Å². The fourth-order valence-electron chi connectivity index (χ4n) is 2.64. The molecule has 0 aliphatic rings. The summed E-state index contributed by atoms with van der Waals surface area (Å²) < 4.78 is 0.918. The highest BCUT2D eigenvalue weighted by molar-refractivity contribution is 7.13. The molecule has 0 radical (unpaired) electrons. The van der Waals surface area contributed by atoms with E-state index in [1.165, 1.54) is 25.2 Å². The van der Waals surface area contributed by atoms with E-state index in [0.29, 0.717) is 5.13 Å². The van der Waals surface area contributed by atoms with E-state index in [0.717, 1.165) is 15.8 Å². The minimum absolute atomic E-state index is 0.0774. The summed E-state index contributed by atoms with van der Waals surface area (Å²) in [6, 6.07) is 11.4. The third-order valence-electron chi connectivity index (χ3n) is 4.01. The van der Waals surface area contributed by atoms with Crippen molar-refractivity contribution >= 4 is 22.2 Å². The monoisotopic (exact) mass is 395 g/mol. The Balaban J connectivity index is 2.02. The van der Waals surface area contributed by atoms with Crippen LogP contribution in [0.25, 0.3) is 11.3 Å². The molecule has 9 heteroatoms. The molecular formula is C19H17N5O3S. The number of nitrogens with zero attached hydrogens (tertiary/aromatic N) is 5. The fraction of sp³-hybridized carbons (Fsp3) is 0.211. The highest BCUT2D eigenvalue weighted by Crippen LogP contribution is 2.30. The van der Waals surface area contributed by atoms with Crippen LogP contribution in [-0.4, -0.2) is 25.9 Å². The lowest BCUT2D eigenvalue weighted by atomic mass is 10.1. The number of aliphatic hydroxyl groups excluding tert-OH is 1. The topological polar surface area (TPSA) is 124 Å². The molecular weight excluding hydrogens is 378 g/mol. The van der Waals surface area contributed by atoms with Gasteiger partial charge in [0.15, 0.2) is 5.69 Å². The van der Waals surface area contributed by atoms with Gasteiger partial charge in [0.25, 0.3) is 5.56 Å². The molecule has 0 fully saturated rings. The van der Waals surface area contributed by atoms with Crippen LogP contribution in [-0.2, 0) is 6.54 Å². The first-order valence-electron chi connectivity index (χ1n) is 8.39. The first kappa shape index (κ1) is 19.4. The van der Waals surface area contributed by atoms with Gasteiger partial charge in [0.1, 0.15) is 11.6 Å². The van der Waals surface area contributed by atoms with Crippen molar-refractivity contribution in [3.05, 3.63) is 57.2 Å². The number of hydrogen-bond donors (Lipinski definition) is 2. The molecule has 3 aromatic rings. The van der Waals surface area contributed by atoms with E-state index in [9.17, 15) is 20.3 Å². The Bertz CT molecular complexity index is 1130. The third kappa shape index (κ3) is 3.83. The Morgan fingerprint density at radius 3 is 2.68 bits per heavy atom.